The number of halogens is 2. The van der Waals surface area contributed by atoms with E-state index in [1.54, 1.807) is 18.2 Å². The first kappa shape index (κ1) is 21.1. The zero-order valence-electron chi connectivity index (χ0n) is 15.3. The summed E-state index contributed by atoms with van der Waals surface area (Å²) in [5.41, 5.74) is 0.722. The van der Waals surface area contributed by atoms with E-state index in [4.69, 9.17) is 4.74 Å². The predicted molar refractivity (Wildman–Crippen MR) is 114 cm³/mol. The molecule has 29 heavy (non-hydrogen) atoms. The van der Waals surface area contributed by atoms with Crippen molar-refractivity contribution in [2.75, 3.05) is 11.1 Å². The Hall–Kier alpha value is -2.65. The Kier molecular flexibility index (Phi) is 7.42. The predicted octanol–water partition coefficient (Wildman–Crippen LogP) is 4.68. The monoisotopic (exact) mass is 476 g/mol. The maximum atomic E-state index is 13.0. The van der Waals surface area contributed by atoms with Gasteiger partial charge in [-0.05, 0) is 48.5 Å². The summed E-state index contributed by atoms with van der Waals surface area (Å²) in [6.07, 6.45) is 1.72. The zero-order chi connectivity index (χ0) is 20.6. The lowest BCUT2D eigenvalue weighted by atomic mass is 10.3. The number of amides is 1. The van der Waals surface area contributed by atoms with E-state index in [1.165, 1.54) is 23.9 Å². The number of rotatable bonds is 9. The summed E-state index contributed by atoms with van der Waals surface area (Å²) in [6.45, 7) is 4.40. The number of anilines is 1. The summed E-state index contributed by atoms with van der Waals surface area (Å²) < 4.78 is 21.4. The van der Waals surface area contributed by atoms with E-state index in [1.807, 2.05) is 28.8 Å². The van der Waals surface area contributed by atoms with Crippen molar-refractivity contribution in [1.82, 2.24) is 14.8 Å². The molecular formula is C20H18BrFN4O2S. The Balaban J connectivity index is 1.59. The molecule has 0 bridgehead atoms. The number of allylic oxidation sites excluding steroid dienone is 1. The van der Waals surface area contributed by atoms with Crippen molar-refractivity contribution in [2.24, 2.45) is 0 Å². The fraction of sp³-hybridized carbons (Fsp3) is 0.150. The molecule has 0 saturated heterocycles. The van der Waals surface area contributed by atoms with Gasteiger partial charge in [-0.1, -0.05) is 33.8 Å². The summed E-state index contributed by atoms with van der Waals surface area (Å²) in [7, 11) is 0. The van der Waals surface area contributed by atoms with Gasteiger partial charge in [0.05, 0.1) is 5.75 Å². The zero-order valence-corrected chi connectivity index (χ0v) is 17.7. The molecule has 0 spiro atoms. The van der Waals surface area contributed by atoms with Crippen LogP contribution in [0.1, 0.15) is 5.82 Å². The van der Waals surface area contributed by atoms with Gasteiger partial charge in [0.2, 0.25) is 5.91 Å². The molecule has 150 valence electrons. The molecule has 6 nitrogen and oxygen atoms in total. The first-order valence-electron chi connectivity index (χ1n) is 8.64. The maximum Gasteiger partial charge on any atom is 0.234 e. The highest BCUT2D eigenvalue weighted by atomic mass is 79.9. The minimum atomic E-state index is -0.327. The highest BCUT2D eigenvalue weighted by Gasteiger charge is 2.14. The van der Waals surface area contributed by atoms with Crippen LogP contribution >= 0.6 is 27.7 Å². The van der Waals surface area contributed by atoms with Crippen molar-refractivity contribution in [3.63, 3.8) is 0 Å². The SMILES string of the molecule is C=CCn1c(COc2ccc(F)cc2)nnc1SCC(=O)Nc1ccc(Br)cc1. The average Bonchev–Trinajstić information content (AvgIpc) is 3.10. The molecule has 0 aliphatic carbocycles. The quantitative estimate of drug-likeness (QED) is 0.358. The van der Waals surface area contributed by atoms with Crippen LogP contribution in [0.25, 0.3) is 0 Å². The lowest BCUT2D eigenvalue weighted by molar-refractivity contribution is -0.113. The normalized spacial score (nSPS) is 10.6. The molecule has 0 radical (unpaired) electrons. The number of hydrogen-bond donors (Lipinski definition) is 1. The molecular weight excluding hydrogens is 459 g/mol. The first-order chi connectivity index (χ1) is 14.0. The number of thioether (sulfide) groups is 1. The van der Waals surface area contributed by atoms with Crippen LogP contribution in [0.3, 0.4) is 0 Å². The van der Waals surface area contributed by atoms with Crippen LogP contribution in [0, 0.1) is 5.82 Å². The van der Waals surface area contributed by atoms with Crippen LogP contribution in [0.2, 0.25) is 0 Å². The van der Waals surface area contributed by atoms with Crippen molar-refractivity contribution in [2.45, 2.75) is 18.3 Å². The van der Waals surface area contributed by atoms with Gasteiger partial charge in [-0.15, -0.1) is 16.8 Å². The highest BCUT2D eigenvalue weighted by molar-refractivity contribution is 9.10. The third-order valence-electron chi connectivity index (χ3n) is 3.75. The Bertz CT molecular complexity index is 977. The third kappa shape index (κ3) is 6.16. The Morgan fingerprint density at radius 1 is 1.21 bits per heavy atom. The molecule has 9 heteroatoms. The van der Waals surface area contributed by atoms with Crippen LogP contribution in [0.5, 0.6) is 5.75 Å². The number of nitrogens with zero attached hydrogens (tertiary/aromatic N) is 3. The third-order valence-corrected chi connectivity index (χ3v) is 5.24. The first-order valence-corrected chi connectivity index (χ1v) is 10.4. The van der Waals surface area contributed by atoms with E-state index in [-0.39, 0.29) is 24.1 Å². The molecule has 0 atom stereocenters. The molecule has 0 aliphatic heterocycles. The van der Waals surface area contributed by atoms with Crippen molar-refractivity contribution < 1.29 is 13.9 Å². The van der Waals surface area contributed by atoms with E-state index >= 15 is 0 Å². The van der Waals surface area contributed by atoms with Gasteiger partial charge in [-0.25, -0.2) is 4.39 Å². The minimum Gasteiger partial charge on any atom is -0.486 e. The lowest BCUT2D eigenvalue weighted by Gasteiger charge is -2.09. The highest BCUT2D eigenvalue weighted by Crippen LogP contribution is 2.20. The van der Waals surface area contributed by atoms with Crippen molar-refractivity contribution in [3.05, 3.63) is 77.3 Å². The maximum absolute atomic E-state index is 13.0. The van der Waals surface area contributed by atoms with E-state index in [9.17, 15) is 9.18 Å². The molecule has 2 aromatic carbocycles. The molecule has 3 rings (SSSR count). The van der Waals surface area contributed by atoms with Crippen LogP contribution in [0.15, 0.2) is 70.8 Å². The fourth-order valence-electron chi connectivity index (χ4n) is 2.38. The largest absolute Gasteiger partial charge is 0.486 e. The summed E-state index contributed by atoms with van der Waals surface area (Å²) in [4.78, 5) is 12.2. The molecule has 0 saturated carbocycles. The van der Waals surface area contributed by atoms with Gasteiger partial charge in [0.1, 0.15) is 18.2 Å². The van der Waals surface area contributed by atoms with Gasteiger partial charge >= 0.3 is 0 Å². The second-order valence-electron chi connectivity index (χ2n) is 5.88. The Morgan fingerprint density at radius 3 is 2.62 bits per heavy atom. The van der Waals surface area contributed by atoms with Crippen molar-refractivity contribution in [1.29, 1.82) is 0 Å². The Morgan fingerprint density at radius 2 is 1.93 bits per heavy atom. The second-order valence-corrected chi connectivity index (χ2v) is 7.74. The summed E-state index contributed by atoms with van der Waals surface area (Å²) in [6, 6.07) is 13.1. The standard InChI is InChI=1S/C20H18BrFN4O2S/c1-2-11-26-18(12-28-17-9-5-15(22)6-10-17)24-25-20(26)29-13-19(27)23-16-7-3-14(21)4-8-16/h2-10H,1,11-13H2,(H,23,27). The number of hydrogen-bond acceptors (Lipinski definition) is 5. The van der Waals surface area contributed by atoms with Crippen LogP contribution in [0.4, 0.5) is 10.1 Å². The molecule has 1 aromatic heterocycles. The topological polar surface area (TPSA) is 69.0 Å². The Labute approximate surface area is 180 Å². The van der Waals surface area contributed by atoms with Gasteiger partial charge in [0, 0.05) is 16.7 Å². The van der Waals surface area contributed by atoms with Crippen LogP contribution < -0.4 is 10.1 Å². The second kappa shape index (κ2) is 10.2. The number of nitrogens with one attached hydrogen (secondary N) is 1. The summed E-state index contributed by atoms with van der Waals surface area (Å²) >= 11 is 4.64. The fourth-order valence-corrected chi connectivity index (χ4v) is 3.42. The van der Waals surface area contributed by atoms with E-state index in [0.717, 1.165) is 10.2 Å². The number of benzene rings is 2. The van der Waals surface area contributed by atoms with E-state index in [0.29, 0.717) is 23.3 Å². The van der Waals surface area contributed by atoms with Gasteiger partial charge in [-0.2, -0.15) is 0 Å². The van der Waals surface area contributed by atoms with Crippen molar-refractivity contribution in [3.8, 4) is 5.75 Å². The van der Waals surface area contributed by atoms with Gasteiger partial charge < -0.3 is 10.1 Å². The van der Waals surface area contributed by atoms with E-state index in [2.05, 4.69) is 38.0 Å². The van der Waals surface area contributed by atoms with Crippen LogP contribution in [-0.4, -0.2) is 26.4 Å². The van der Waals surface area contributed by atoms with E-state index < -0.39 is 0 Å². The molecule has 0 unspecified atom stereocenters. The molecule has 3 aromatic rings. The lowest BCUT2D eigenvalue weighted by Crippen LogP contribution is -2.15. The van der Waals surface area contributed by atoms with Crippen molar-refractivity contribution >= 4 is 39.3 Å². The smallest absolute Gasteiger partial charge is 0.234 e. The average molecular weight is 477 g/mol. The summed E-state index contributed by atoms with van der Waals surface area (Å²) in [5, 5.41) is 11.7. The number of carbonyl (C=O) groups is 1. The summed E-state index contributed by atoms with van der Waals surface area (Å²) in [5.74, 6) is 0.832. The number of carbonyl (C=O) groups excluding carboxylic acids is 1. The molecule has 1 heterocycles. The molecule has 1 amide bonds. The van der Waals surface area contributed by atoms with Gasteiger partial charge in [0.15, 0.2) is 11.0 Å². The minimum absolute atomic E-state index is 0.144. The molecule has 0 fully saturated rings. The van der Waals surface area contributed by atoms with Gasteiger partial charge in [-0.3, -0.25) is 9.36 Å². The molecule has 0 aliphatic rings. The number of aromatic nitrogens is 3. The molecule has 1 N–H and O–H groups in total. The number of ether oxygens (including phenoxy) is 1. The van der Waals surface area contributed by atoms with Gasteiger partial charge in [0.25, 0.3) is 0 Å². The van der Waals surface area contributed by atoms with Crippen LogP contribution in [-0.2, 0) is 17.9 Å².